The Morgan fingerprint density at radius 1 is 1.67 bits per heavy atom. The lowest BCUT2D eigenvalue weighted by Gasteiger charge is -2.30. The second-order valence-electron chi connectivity index (χ2n) is 4.25. The molecular weight excluding hydrogens is 232 g/mol. The first-order valence-corrected chi connectivity index (χ1v) is 5.98. The second kappa shape index (κ2) is 5.19. The van der Waals surface area contributed by atoms with Crippen molar-refractivity contribution in [2.24, 2.45) is 0 Å². The van der Waals surface area contributed by atoms with Crippen molar-refractivity contribution >= 4 is 5.91 Å². The van der Waals surface area contributed by atoms with Crippen LogP contribution in [0.4, 0.5) is 0 Å². The molecule has 1 aliphatic heterocycles. The van der Waals surface area contributed by atoms with E-state index in [0.717, 1.165) is 5.69 Å². The summed E-state index contributed by atoms with van der Waals surface area (Å²) in [5.41, 5.74) is 1.30. The van der Waals surface area contributed by atoms with Crippen molar-refractivity contribution in [2.45, 2.75) is 32.5 Å². The van der Waals surface area contributed by atoms with Crippen LogP contribution < -0.4 is 0 Å². The number of carbonyl (C=O) groups excluding carboxylic acids is 1. The Morgan fingerprint density at radius 3 is 3.06 bits per heavy atom. The third-order valence-electron chi connectivity index (χ3n) is 3.15. The fraction of sp³-hybridized carbons (Fsp3) is 0.583. The zero-order valence-corrected chi connectivity index (χ0v) is 10.6. The van der Waals surface area contributed by atoms with E-state index < -0.39 is 0 Å². The van der Waals surface area contributed by atoms with Crippen LogP contribution in [0.1, 0.15) is 24.7 Å². The number of fused-ring (bicyclic) bond motifs is 1. The first kappa shape index (κ1) is 12.6. The van der Waals surface area contributed by atoms with Gasteiger partial charge in [-0.25, -0.2) is 0 Å². The van der Waals surface area contributed by atoms with Gasteiger partial charge in [-0.2, -0.15) is 10.4 Å². The zero-order chi connectivity index (χ0) is 13.1. The van der Waals surface area contributed by atoms with Crippen molar-refractivity contribution in [3.05, 3.63) is 17.5 Å². The maximum Gasteiger partial charge on any atom is 0.252 e. The Balaban J connectivity index is 2.12. The number of nitriles is 1. The molecule has 2 heterocycles. The lowest BCUT2D eigenvalue weighted by atomic mass is 10.2. The molecule has 0 saturated heterocycles. The highest BCUT2D eigenvalue weighted by atomic mass is 16.5. The summed E-state index contributed by atoms with van der Waals surface area (Å²) in [7, 11) is 1.55. The number of aromatic nitrogens is 2. The third kappa shape index (κ3) is 2.22. The zero-order valence-electron chi connectivity index (χ0n) is 10.6. The number of amides is 1. The van der Waals surface area contributed by atoms with Gasteiger partial charge in [-0.3, -0.25) is 9.48 Å². The number of ether oxygens (including phenoxy) is 1. The van der Waals surface area contributed by atoms with Gasteiger partial charge in [-0.05, 0) is 12.5 Å². The summed E-state index contributed by atoms with van der Waals surface area (Å²) < 4.78 is 6.95. The topological polar surface area (TPSA) is 71.2 Å². The van der Waals surface area contributed by atoms with E-state index in [4.69, 9.17) is 10.00 Å². The van der Waals surface area contributed by atoms with Crippen molar-refractivity contribution in [1.29, 1.82) is 5.26 Å². The molecule has 18 heavy (non-hydrogen) atoms. The van der Waals surface area contributed by atoms with Crippen LogP contribution in [-0.2, 0) is 22.6 Å². The Kier molecular flexibility index (Phi) is 3.63. The number of rotatable bonds is 3. The summed E-state index contributed by atoms with van der Waals surface area (Å²) in [5, 5.41) is 12.9. The molecule has 1 aromatic heterocycles. The molecule has 1 atom stereocenters. The maximum atomic E-state index is 12.2. The fourth-order valence-electron chi connectivity index (χ4n) is 2.15. The van der Waals surface area contributed by atoms with Gasteiger partial charge < -0.3 is 9.64 Å². The summed E-state index contributed by atoms with van der Waals surface area (Å²) in [4.78, 5) is 13.9. The van der Waals surface area contributed by atoms with Crippen LogP contribution in [0.5, 0.6) is 0 Å². The minimum absolute atomic E-state index is 0.00552. The summed E-state index contributed by atoms with van der Waals surface area (Å²) in [6, 6.07) is 3.74. The van der Waals surface area contributed by atoms with Gasteiger partial charge >= 0.3 is 0 Å². The minimum Gasteiger partial charge on any atom is -0.372 e. The molecule has 6 heteroatoms. The number of methoxy groups -OCH3 is 1. The molecule has 0 radical (unpaired) electrons. The van der Waals surface area contributed by atoms with Crippen LogP contribution in [0.15, 0.2) is 6.07 Å². The van der Waals surface area contributed by atoms with Gasteiger partial charge in [-0.15, -0.1) is 0 Å². The second-order valence-corrected chi connectivity index (χ2v) is 4.25. The maximum absolute atomic E-state index is 12.2. The predicted octanol–water partition coefficient (Wildman–Crippen LogP) is 0.522. The highest BCUT2D eigenvalue weighted by Gasteiger charge is 2.27. The normalized spacial score (nSPS) is 15.9. The molecule has 0 aromatic carbocycles. The highest BCUT2D eigenvalue weighted by molar-refractivity contribution is 5.81. The quantitative estimate of drug-likeness (QED) is 0.782. The molecule has 0 bridgehead atoms. The van der Waals surface area contributed by atoms with E-state index in [1.165, 1.54) is 0 Å². The first-order chi connectivity index (χ1) is 8.69. The average Bonchev–Trinajstić information content (AvgIpc) is 2.81. The first-order valence-electron chi connectivity index (χ1n) is 5.98. The molecule has 1 aromatic rings. The molecule has 0 fully saturated rings. The van der Waals surface area contributed by atoms with E-state index in [-0.39, 0.29) is 12.0 Å². The van der Waals surface area contributed by atoms with E-state index in [2.05, 4.69) is 5.10 Å². The third-order valence-corrected chi connectivity index (χ3v) is 3.15. The average molecular weight is 248 g/mol. The standard InChI is InChI=1S/C12H16N4O2/c1-3-11(18-2)12(17)15-4-5-16-10(8-15)6-9(7-13)14-16/h6,11H,3-5,8H2,1-2H3/t11-/m0/s1. The molecule has 1 amide bonds. The number of nitrogens with zero attached hydrogens (tertiary/aromatic N) is 4. The number of hydrogen-bond acceptors (Lipinski definition) is 4. The lowest BCUT2D eigenvalue weighted by molar-refractivity contribution is -0.143. The Hall–Kier alpha value is -1.87. The van der Waals surface area contributed by atoms with Gasteiger partial charge in [0.2, 0.25) is 0 Å². The SMILES string of the molecule is CC[C@H](OC)C(=O)N1CCn2nc(C#N)cc2C1. The van der Waals surface area contributed by atoms with Crippen LogP contribution in [-0.4, -0.2) is 40.3 Å². The Morgan fingerprint density at radius 2 is 2.44 bits per heavy atom. The van der Waals surface area contributed by atoms with E-state index in [9.17, 15) is 4.79 Å². The minimum atomic E-state index is -0.380. The summed E-state index contributed by atoms with van der Waals surface area (Å²) >= 11 is 0. The highest BCUT2D eigenvalue weighted by Crippen LogP contribution is 2.15. The predicted molar refractivity (Wildman–Crippen MR) is 63.4 cm³/mol. The van der Waals surface area contributed by atoms with Crippen LogP contribution in [0, 0.1) is 11.3 Å². The number of carbonyl (C=O) groups is 1. The van der Waals surface area contributed by atoms with E-state index in [0.29, 0.717) is 31.7 Å². The fourth-order valence-corrected chi connectivity index (χ4v) is 2.15. The molecular formula is C12H16N4O2. The largest absolute Gasteiger partial charge is 0.372 e. The van der Waals surface area contributed by atoms with Crippen molar-refractivity contribution in [3.63, 3.8) is 0 Å². The van der Waals surface area contributed by atoms with Crippen molar-refractivity contribution in [2.75, 3.05) is 13.7 Å². The van der Waals surface area contributed by atoms with Gasteiger partial charge in [-0.1, -0.05) is 6.92 Å². The van der Waals surface area contributed by atoms with Crippen LogP contribution in [0.25, 0.3) is 0 Å². The van der Waals surface area contributed by atoms with Gasteiger partial charge in [0.25, 0.3) is 5.91 Å². The Labute approximate surface area is 106 Å². The number of hydrogen-bond donors (Lipinski definition) is 0. The summed E-state index contributed by atoms with van der Waals surface area (Å²) in [6.07, 6.45) is 0.282. The lowest BCUT2D eigenvalue weighted by Crippen LogP contribution is -2.44. The molecule has 0 aliphatic carbocycles. The van der Waals surface area contributed by atoms with Gasteiger partial charge in [0.1, 0.15) is 12.2 Å². The van der Waals surface area contributed by atoms with E-state index >= 15 is 0 Å². The molecule has 0 N–H and O–H groups in total. The molecule has 2 rings (SSSR count). The van der Waals surface area contributed by atoms with Crippen molar-refractivity contribution in [1.82, 2.24) is 14.7 Å². The molecule has 96 valence electrons. The molecule has 1 aliphatic rings. The molecule has 0 unspecified atom stereocenters. The molecule has 0 saturated carbocycles. The summed E-state index contributed by atoms with van der Waals surface area (Å²) in [6.45, 7) is 3.66. The molecule has 0 spiro atoms. The van der Waals surface area contributed by atoms with Crippen molar-refractivity contribution < 1.29 is 9.53 Å². The summed E-state index contributed by atoms with van der Waals surface area (Å²) in [5.74, 6) is 0.00552. The van der Waals surface area contributed by atoms with Crippen LogP contribution >= 0.6 is 0 Å². The van der Waals surface area contributed by atoms with Gasteiger partial charge in [0, 0.05) is 13.7 Å². The van der Waals surface area contributed by atoms with E-state index in [1.807, 2.05) is 13.0 Å². The monoisotopic (exact) mass is 248 g/mol. The van der Waals surface area contributed by atoms with Crippen LogP contribution in [0.2, 0.25) is 0 Å². The molecule has 6 nitrogen and oxygen atoms in total. The van der Waals surface area contributed by atoms with Gasteiger partial charge in [0.05, 0.1) is 18.8 Å². The van der Waals surface area contributed by atoms with Crippen LogP contribution in [0.3, 0.4) is 0 Å². The smallest absolute Gasteiger partial charge is 0.252 e. The van der Waals surface area contributed by atoms with Crippen molar-refractivity contribution in [3.8, 4) is 6.07 Å². The van der Waals surface area contributed by atoms with Gasteiger partial charge in [0.15, 0.2) is 5.69 Å². The Bertz CT molecular complexity index is 485. The van der Waals surface area contributed by atoms with E-state index in [1.54, 1.807) is 22.8 Å².